The highest BCUT2D eigenvalue weighted by Crippen LogP contribution is 2.41. The zero-order valence-electron chi connectivity index (χ0n) is 13.8. The van der Waals surface area contributed by atoms with Crippen molar-refractivity contribution in [2.45, 2.75) is 37.5 Å². The molecule has 5 nitrogen and oxygen atoms in total. The predicted octanol–water partition coefficient (Wildman–Crippen LogP) is 4.12. The standard InChI is InChI=1S/C17H18N4OS3/c1-11-6-8-24-14(11)9-18-15(22)10-25-17-20-19-16(13-3-2-7-23-13)21(17)12-4-5-12/h2-3,6-8,12H,4-5,9-10H2,1H3,(H,18,22). The van der Waals surface area contributed by atoms with Crippen molar-refractivity contribution >= 4 is 40.3 Å². The van der Waals surface area contributed by atoms with Gasteiger partial charge in [-0.15, -0.1) is 32.9 Å². The molecule has 25 heavy (non-hydrogen) atoms. The predicted molar refractivity (Wildman–Crippen MR) is 103 cm³/mol. The molecule has 0 aliphatic heterocycles. The van der Waals surface area contributed by atoms with Crippen LogP contribution in [0.25, 0.3) is 10.7 Å². The molecule has 1 amide bonds. The Bertz CT molecular complexity index is 864. The molecule has 1 aliphatic carbocycles. The van der Waals surface area contributed by atoms with E-state index >= 15 is 0 Å². The summed E-state index contributed by atoms with van der Waals surface area (Å²) in [7, 11) is 0. The van der Waals surface area contributed by atoms with Crippen molar-refractivity contribution in [1.29, 1.82) is 0 Å². The van der Waals surface area contributed by atoms with Gasteiger partial charge in [0.1, 0.15) is 0 Å². The maximum Gasteiger partial charge on any atom is 0.230 e. The number of thioether (sulfide) groups is 1. The van der Waals surface area contributed by atoms with Gasteiger partial charge in [0.2, 0.25) is 5.91 Å². The molecule has 3 aromatic rings. The monoisotopic (exact) mass is 390 g/mol. The van der Waals surface area contributed by atoms with Crippen LogP contribution in [0.15, 0.2) is 34.1 Å². The van der Waals surface area contributed by atoms with E-state index in [0.717, 1.165) is 28.7 Å². The lowest BCUT2D eigenvalue weighted by molar-refractivity contribution is -0.118. The first-order chi connectivity index (χ1) is 12.2. The lowest BCUT2D eigenvalue weighted by Crippen LogP contribution is -2.24. The molecule has 3 heterocycles. The number of rotatable bonds is 7. The highest BCUT2D eigenvalue weighted by molar-refractivity contribution is 7.99. The van der Waals surface area contributed by atoms with E-state index in [4.69, 9.17) is 0 Å². The summed E-state index contributed by atoms with van der Waals surface area (Å²) < 4.78 is 2.20. The number of amides is 1. The number of carbonyl (C=O) groups excluding carboxylic acids is 1. The first-order valence-electron chi connectivity index (χ1n) is 8.13. The fraction of sp³-hybridized carbons (Fsp3) is 0.353. The second kappa shape index (κ2) is 7.31. The number of aryl methyl sites for hydroxylation is 1. The average Bonchev–Trinajstić information content (AvgIpc) is 3.03. The van der Waals surface area contributed by atoms with Crippen molar-refractivity contribution in [2.75, 3.05) is 5.75 Å². The molecule has 130 valence electrons. The highest BCUT2D eigenvalue weighted by atomic mass is 32.2. The third kappa shape index (κ3) is 3.80. The van der Waals surface area contributed by atoms with Gasteiger partial charge in [0.25, 0.3) is 0 Å². The third-order valence-electron chi connectivity index (χ3n) is 4.06. The van der Waals surface area contributed by atoms with Crippen LogP contribution < -0.4 is 5.32 Å². The van der Waals surface area contributed by atoms with Crippen LogP contribution in [0.5, 0.6) is 0 Å². The van der Waals surface area contributed by atoms with Crippen LogP contribution in [0, 0.1) is 6.92 Å². The Morgan fingerprint density at radius 2 is 2.20 bits per heavy atom. The molecule has 4 rings (SSSR count). The molecule has 0 aromatic carbocycles. The van der Waals surface area contributed by atoms with Crippen LogP contribution in [0.2, 0.25) is 0 Å². The van der Waals surface area contributed by atoms with E-state index in [0.29, 0.717) is 18.3 Å². The smallest absolute Gasteiger partial charge is 0.230 e. The number of hydrogen-bond acceptors (Lipinski definition) is 6. The zero-order chi connectivity index (χ0) is 17.2. The zero-order valence-corrected chi connectivity index (χ0v) is 16.2. The molecule has 0 unspecified atom stereocenters. The van der Waals surface area contributed by atoms with Crippen molar-refractivity contribution in [3.63, 3.8) is 0 Å². The Balaban J connectivity index is 1.39. The Morgan fingerprint density at radius 3 is 2.88 bits per heavy atom. The number of thiophene rings is 2. The molecule has 0 bridgehead atoms. The summed E-state index contributed by atoms with van der Waals surface area (Å²) in [6, 6.07) is 6.65. The van der Waals surface area contributed by atoms with Crippen LogP contribution in [0.3, 0.4) is 0 Å². The summed E-state index contributed by atoms with van der Waals surface area (Å²) in [5.41, 5.74) is 1.23. The number of nitrogens with zero attached hydrogens (tertiary/aromatic N) is 3. The summed E-state index contributed by atoms with van der Waals surface area (Å²) in [6.45, 7) is 2.66. The van der Waals surface area contributed by atoms with Crippen LogP contribution in [-0.2, 0) is 11.3 Å². The van der Waals surface area contributed by atoms with Gasteiger partial charge in [-0.3, -0.25) is 9.36 Å². The number of carbonyl (C=O) groups is 1. The normalized spacial score (nSPS) is 14.0. The van der Waals surface area contributed by atoms with Gasteiger partial charge >= 0.3 is 0 Å². The molecule has 1 saturated carbocycles. The average molecular weight is 391 g/mol. The van der Waals surface area contributed by atoms with Crippen LogP contribution in [0.4, 0.5) is 0 Å². The van der Waals surface area contributed by atoms with Crippen molar-refractivity contribution in [3.05, 3.63) is 39.4 Å². The van der Waals surface area contributed by atoms with E-state index in [2.05, 4.69) is 44.5 Å². The molecule has 1 fully saturated rings. The largest absolute Gasteiger partial charge is 0.350 e. The van der Waals surface area contributed by atoms with Crippen LogP contribution in [-0.4, -0.2) is 26.4 Å². The van der Waals surface area contributed by atoms with Crippen molar-refractivity contribution in [2.24, 2.45) is 0 Å². The highest BCUT2D eigenvalue weighted by Gasteiger charge is 2.30. The second-order valence-electron chi connectivity index (χ2n) is 5.98. The molecule has 0 radical (unpaired) electrons. The minimum atomic E-state index is 0.0285. The molecule has 3 aromatic heterocycles. The van der Waals surface area contributed by atoms with Crippen LogP contribution >= 0.6 is 34.4 Å². The lowest BCUT2D eigenvalue weighted by atomic mass is 10.3. The van der Waals surface area contributed by atoms with Crippen LogP contribution in [0.1, 0.15) is 29.3 Å². The quantitative estimate of drug-likeness (QED) is 0.617. The SMILES string of the molecule is Cc1ccsc1CNC(=O)CSc1nnc(-c2cccs2)n1C1CC1. The fourth-order valence-electron chi connectivity index (χ4n) is 2.56. The molecular weight excluding hydrogens is 372 g/mol. The fourth-order valence-corrected chi connectivity index (χ4v) is 4.94. The second-order valence-corrected chi connectivity index (χ2v) is 8.87. The Morgan fingerprint density at radius 1 is 1.32 bits per heavy atom. The molecule has 8 heteroatoms. The molecular formula is C17H18N4OS3. The van der Waals surface area contributed by atoms with E-state index in [-0.39, 0.29) is 5.91 Å². The Labute approximate surface area is 158 Å². The summed E-state index contributed by atoms with van der Waals surface area (Å²) in [6.07, 6.45) is 2.32. The maximum atomic E-state index is 12.2. The maximum absolute atomic E-state index is 12.2. The van der Waals surface area contributed by atoms with Crippen molar-refractivity contribution in [1.82, 2.24) is 20.1 Å². The van der Waals surface area contributed by atoms with Gasteiger partial charge in [-0.2, -0.15) is 0 Å². The summed E-state index contributed by atoms with van der Waals surface area (Å²) >= 11 is 4.81. The molecule has 0 atom stereocenters. The summed E-state index contributed by atoms with van der Waals surface area (Å²) in [4.78, 5) is 14.5. The lowest BCUT2D eigenvalue weighted by Gasteiger charge is -2.08. The van der Waals surface area contributed by atoms with Gasteiger partial charge in [-0.25, -0.2) is 0 Å². The van der Waals surface area contributed by atoms with Gasteiger partial charge in [0.15, 0.2) is 11.0 Å². The molecule has 0 spiro atoms. The first kappa shape index (κ1) is 16.8. The summed E-state index contributed by atoms with van der Waals surface area (Å²) in [5, 5.41) is 16.6. The van der Waals surface area contributed by atoms with E-state index in [1.807, 2.05) is 11.4 Å². The van der Waals surface area contributed by atoms with E-state index < -0.39 is 0 Å². The molecule has 0 saturated heterocycles. The number of aromatic nitrogens is 3. The van der Waals surface area contributed by atoms with Gasteiger partial charge in [0.05, 0.1) is 17.2 Å². The van der Waals surface area contributed by atoms with Crippen molar-refractivity contribution < 1.29 is 4.79 Å². The van der Waals surface area contributed by atoms with E-state index in [9.17, 15) is 4.79 Å². The minimum Gasteiger partial charge on any atom is -0.350 e. The van der Waals surface area contributed by atoms with E-state index in [1.54, 1.807) is 22.7 Å². The summed E-state index contributed by atoms with van der Waals surface area (Å²) in [5.74, 6) is 1.31. The Kier molecular flexibility index (Phi) is 4.91. The minimum absolute atomic E-state index is 0.0285. The number of hydrogen-bond donors (Lipinski definition) is 1. The third-order valence-corrected chi connectivity index (χ3v) is 6.90. The first-order valence-corrected chi connectivity index (χ1v) is 10.9. The van der Waals surface area contributed by atoms with Gasteiger partial charge in [-0.1, -0.05) is 17.8 Å². The van der Waals surface area contributed by atoms with Gasteiger partial charge < -0.3 is 5.32 Å². The molecule has 1 aliphatic rings. The van der Waals surface area contributed by atoms with E-state index in [1.165, 1.54) is 22.2 Å². The van der Waals surface area contributed by atoms with Gasteiger partial charge in [0, 0.05) is 10.9 Å². The number of nitrogens with one attached hydrogen (secondary N) is 1. The van der Waals surface area contributed by atoms with Crippen molar-refractivity contribution in [3.8, 4) is 10.7 Å². The Hall–Kier alpha value is -1.64. The van der Waals surface area contributed by atoms with Gasteiger partial charge in [-0.05, 0) is 48.2 Å². The topological polar surface area (TPSA) is 59.8 Å². The molecule has 1 N–H and O–H groups in total.